The lowest BCUT2D eigenvalue weighted by Gasteiger charge is -2.33. The quantitative estimate of drug-likeness (QED) is 0.855. The van der Waals surface area contributed by atoms with E-state index >= 15 is 0 Å². The number of alkyl halides is 3. The fourth-order valence-corrected chi connectivity index (χ4v) is 2.91. The lowest BCUT2D eigenvalue weighted by Crippen LogP contribution is -2.42. The van der Waals surface area contributed by atoms with Gasteiger partial charge in [-0.2, -0.15) is 13.2 Å². The van der Waals surface area contributed by atoms with Crippen LogP contribution >= 0.6 is 0 Å². The highest BCUT2D eigenvalue weighted by molar-refractivity contribution is 5.76. The monoisotopic (exact) mass is 330 g/mol. The molecule has 0 unspecified atom stereocenters. The van der Waals surface area contributed by atoms with Crippen LogP contribution in [-0.4, -0.2) is 28.5 Å². The molecule has 0 atom stereocenters. The number of aromatic nitrogens is 1. The first-order valence-corrected chi connectivity index (χ1v) is 7.72. The predicted molar refractivity (Wildman–Crippen MR) is 79.9 cm³/mol. The number of carbonyl (C=O) groups excluding carboxylic acids is 1. The van der Waals surface area contributed by atoms with Crippen LogP contribution in [0, 0.1) is 5.92 Å². The third-order valence-electron chi connectivity index (χ3n) is 4.54. The smallest absolute Gasteiger partial charge is 0.341 e. The van der Waals surface area contributed by atoms with Crippen molar-refractivity contribution < 1.29 is 18.0 Å². The van der Waals surface area contributed by atoms with Crippen molar-refractivity contribution in [3.05, 3.63) is 34.2 Å². The molecule has 1 aromatic heterocycles. The second-order valence-electron chi connectivity index (χ2n) is 6.30. The zero-order valence-electron chi connectivity index (χ0n) is 13.3. The van der Waals surface area contributed by atoms with Gasteiger partial charge < -0.3 is 9.47 Å². The van der Waals surface area contributed by atoms with Gasteiger partial charge in [-0.25, -0.2) is 0 Å². The second-order valence-corrected chi connectivity index (χ2v) is 6.30. The molecule has 1 aliphatic carbocycles. The van der Waals surface area contributed by atoms with Crippen LogP contribution in [0.3, 0.4) is 0 Å². The van der Waals surface area contributed by atoms with E-state index in [-0.39, 0.29) is 18.5 Å². The summed E-state index contributed by atoms with van der Waals surface area (Å²) in [5.74, 6) is 0.298. The topological polar surface area (TPSA) is 42.3 Å². The molecule has 7 heteroatoms. The summed E-state index contributed by atoms with van der Waals surface area (Å²) >= 11 is 0. The second kappa shape index (κ2) is 6.76. The van der Waals surface area contributed by atoms with E-state index in [9.17, 15) is 22.8 Å². The Balaban J connectivity index is 2.09. The number of likely N-dealkylation sites (N-methyl/N-ethyl adjacent to an activating group) is 1. The van der Waals surface area contributed by atoms with Crippen molar-refractivity contribution in [2.75, 3.05) is 7.05 Å². The summed E-state index contributed by atoms with van der Waals surface area (Å²) in [6, 6.07) is 1.67. The van der Waals surface area contributed by atoms with Gasteiger partial charge in [-0.05, 0) is 37.7 Å². The van der Waals surface area contributed by atoms with Crippen LogP contribution < -0.4 is 5.56 Å². The average molecular weight is 330 g/mol. The van der Waals surface area contributed by atoms with Gasteiger partial charge in [0.2, 0.25) is 5.91 Å². The highest BCUT2D eigenvalue weighted by Crippen LogP contribution is 2.28. The van der Waals surface area contributed by atoms with Crippen molar-refractivity contribution in [2.45, 2.75) is 51.4 Å². The van der Waals surface area contributed by atoms with E-state index in [0.29, 0.717) is 12.1 Å². The number of hydrogen-bond acceptors (Lipinski definition) is 2. The molecule has 1 aliphatic rings. The molecule has 0 aromatic carbocycles. The van der Waals surface area contributed by atoms with Gasteiger partial charge in [-0.1, -0.05) is 6.92 Å². The number of rotatable bonds is 3. The molecule has 23 heavy (non-hydrogen) atoms. The van der Waals surface area contributed by atoms with Gasteiger partial charge in [0.25, 0.3) is 5.56 Å². The Morgan fingerprint density at radius 1 is 1.26 bits per heavy atom. The Labute approximate surface area is 132 Å². The number of carbonyl (C=O) groups is 1. The summed E-state index contributed by atoms with van der Waals surface area (Å²) in [6.45, 7) is 1.80. The third-order valence-corrected chi connectivity index (χ3v) is 4.54. The van der Waals surface area contributed by atoms with E-state index in [1.807, 2.05) is 0 Å². The zero-order valence-corrected chi connectivity index (χ0v) is 13.3. The van der Waals surface area contributed by atoms with Crippen LogP contribution in [0.15, 0.2) is 23.1 Å². The van der Waals surface area contributed by atoms with Gasteiger partial charge in [-0.3, -0.25) is 9.59 Å². The molecular weight excluding hydrogens is 309 g/mol. The maximum atomic E-state index is 12.7. The summed E-state index contributed by atoms with van der Waals surface area (Å²) in [7, 11) is 1.65. The molecule has 4 nitrogen and oxygen atoms in total. The molecule has 1 aromatic rings. The largest absolute Gasteiger partial charge is 0.417 e. The molecule has 1 saturated carbocycles. The maximum Gasteiger partial charge on any atom is 0.417 e. The lowest BCUT2D eigenvalue weighted by molar-refractivity contribution is -0.139. The third kappa shape index (κ3) is 4.36. The van der Waals surface area contributed by atoms with Crippen molar-refractivity contribution in [2.24, 2.45) is 5.92 Å². The van der Waals surface area contributed by atoms with E-state index in [2.05, 4.69) is 6.92 Å². The summed E-state index contributed by atoms with van der Waals surface area (Å²) in [5.41, 5.74) is -1.55. The lowest BCUT2D eigenvalue weighted by atomic mass is 9.87. The van der Waals surface area contributed by atoms with Crippen LogP contribution in [0.25, 0.3) is 0 Å². The van der Waals surface area contributed by atoms with Gasteiger partial charge in [-0.15, -0.1) is 0 Å². The fourth-order valence-electron chi connectivity index (χ4n) is 2.91. The molecule has 1 heterocycles. The van der Waals surface area contributed by atoms with Crippen LogP contribution in [-0.2, 0) is 17.5 Å². The first-order valence-electron chi connectivity index (χ1n) is 7.72. The molecule has 1 fully saturated rings. The number of pyridine rings is 1. The summed E-state index contributed by atoms with van der Waals surface area (Å²) < 4.78 is 39.0. The van der Waals surface area contributed by atoms with Crippen molar-refractivity contribution >= 4 is 5.91 Å². The minimum absolute atomic E-state index is 0.0974. The molecule has 0 saturated heterocycles. The molecule has 0 radical (unpaired) electrons. The first-order chi connectivity index (χ1) is 10.7. The Bertz CT molecular complexity index is 616. The van der Waals surface area contributed by atoms with Crippen molar-refractivity contribution in [3.8, 4) is 0 Å². The number of amides is 1. The van der Waals surface area contributed by atoms with Gasteiger partial charge in [0.15, 0.2) is 0 Å². The molecule has 0 spiro atoms. The van der Waals surface area contributed by atoms with Crippen LogP contribution in [0.2, 0.25) is 0 Å². The minimum Gasteiger partial charge on any atom is -0.341 e. The fraction of sp³-hybridized carbons (Fsp3) is 0.625. The Hall–Kier alpha value is -1.79. The standard InChI is InChI=1S/C16H21F3N2O2/c1-11-3-6-13(7-4-11)20(2)15(23)10-21-9-12(16(17,18)19)5-8-14(21)22/h5,8-9,11,13H,3-4,6-7,10H2,1-2H3. The molecule has 1 amide bonds. The van der Waals surface area contributed by atoms with Crippen LogP contribution in [0.5, 0.6) is 0 Å². The van der Waals surface area contributed by atoms with E-state index in [1.54, 1.807) is 11.9 Å². The van der Waals surface area contributed by atoms with E-state index < -0.39 is 17.3 Å². The van der Waals surface area contributed by atoms with Gasteiger partial charge in [0, 0.05) is 25.4 Å². The Morgan fingerprint density at radius 3 is 2.43 bits per heavy atom. The average Bonchev–Trinajstić information content (AvgIpc) is 2.48. The van der Waals surface area contributed by atoms with E-state index in [1.165, 1.54) is 0 Å². The first kappa shape index (κ1) is 17.6. The summed E-state index contributed by atoms with van der Waals surface area (Å²) in [6.07, 6.45) is 0.0142. The number of hydrogen-bond donors (Lipinski definition) is 0. The van der Waals surface area contributed by atoms with Gasteiger partial charge in [0.1, 0.15) is 6.54 Å². The van der Waals surface area contributed by atoms with E-state index in [4.69, 9.17) is 0 Å². The van der Waals surface area contributed by atoms with Crippen molar-refractivity contribution in [3.63, 3.8) is 0 Å². The number of halogens is 3. The minimum atomic E-state index is -4.54. The molecule has 128 valence electrons. The van der Waals surface area contributed by atoms with Gasteiger partial charge in [0.05, 0.1) is 5.56 Å². The summed E-state index contributed by atoms with van der Waals surface area (Å²) in [4.78, 5) is 25.6. The van der Waals surface area contributed by atoms with Gasteiger partial charge >= 0.3 is 6.18 Å². The van der Waals surface area contributed by atoms with Crippen LogP contribution in [0.4, 0.5) is 13.2 Å². The summed E-state index contributed by atoms with van der Waals surface area (Å²) in [5, 5.41) is 0. The Morgan fingerprint density at radius 2 is 1.87 bits per heavy atom. The van der Waals surface area contributed by atoms with Crippen molar-refractivity contribution in [1.82, 2.24) is 9.47 Å². The molecule has 2 rings (SSSR count). The highest BCUT2D eigenvalue weighted by atomic mass is 19.4. The molecule has 0 N–H and O–H groups in total. The molecule has 0 aliphatic heterocycles. The number of nitrogens with zero attached hydrogens (tertiary/aromatic N) is 2. The SMILES string of the molecule is CC1CCC(N(C)C(=O)Cn2cc(C(F)(F)F)ccc2=O)CC1. The molecule has 0 bridgehead atoms. The van der Waals surface area contributed by atoms with Crippen molar-refractivity contribution in [1.29, 1.82) is 0 Å². The Kier molecular flexibility index (Phi) is 5.16. The maximum absolute atomic E-state index is 12.7. The highest BCUT2D eigenvalue weighted by Gasteiger charge is 2.31. The normalized spacial score (nSPS) is 22.0. The molecular formula is C16H21F3N2O2. The predicted octanol–water partition coefficient (Wildman–Crippen LogP) is 2.90. The van der Waals surface area contributed by atoms with E-state index in [0.717, 1.165) is 42.4 Å². The zero-order chi connectivity index (χ0) is 17.2. The van der Waals surface area contributed by atoms with Crippen LogP contribution in [0.1, 0.15) is 38.2 Å².